The summed E-state index contributed by atoms with van der Waals surface area (Å²) in [6, 6.07) is 6.86. The molecule has 0 saturated carbocycles. The second-order valence-electron chi connectivity index (χ2n) is 7.33. The molecule has 1 unspecified atom stereocenters. The van der Waals surface area contributed by atoms with Crippen molar-refractivity contribution in [3.63, 3.8) is 0 Å². The molecule has 33 heavy (non-hydrogen) atoms. The number of benzene rings is 1. The van der Waals surface area contributed by atoms with E-state index in [0.29, 0.717) is 5.69 Å². The molecule has 0 aliphatic carbocycles. The van der Waals surface area contributed by atoms with Crippen LogP contribution in [0.2, 0.25) is 0 Å². The molecule has 1 fully saturated rings. The van der Waals surface area contributed by atoms with Crippen molar-refractivity contribution in [1.29, 1.82) is 0 Å². The molecule has 1 saturated heterocycles. The zero-order valence-corrected chi connectivity index (χ0v) is 18.3. The highest BCUT2D eigenvalue weighted by Crippen LogP contribution is 2.39. The second kappa shape index (κ2) is 9.14. The summed E-state index contributed by atoms with van der Waals surface area (Å²) < 4.78 is 66.7. The number of nitrogen functional groups attached to an aromatic ring is 1. The first-order chi connectivity index (χ1) is 15.4. The van der Waals surface area contributed by atoms with Crippen LogP contribution in [0.15, 0.2) is 41.4 Å². The first-order valence-corrected chi connectivity index (χ1v) is 11.2. The van der Waals surface area contributed by atoms with Gasteiger partial charge < -0.3 is 20.8 Å². The Hall–Kier alpha value is -2.92. The predicted octanol–water partition coefficient (Wildman–Crippen LogP) is 0.704. The molecule has 1 aliphatic heterocycles. The van der Waals surface area contributed by atoms with E-state index >= 15 is 0 Å². The fourth-order valence-corrected chi connectivity index (χ4v) is 4.76. The van der Waals surface area contributed by atoms with Crippen LogP contribution < -0.4 is 10.6 Å². The minimum absolute atomic E-state index is 0.0138. The summed E-state index contributed by atoms with van der Waals surface area (Å²) in [4.78, 5) is 1.76. The molecule has 1 aromatic heterocycles. The van der Waals surface area contributed by atoms with Gasteiger partial charge >= 0.3 is 6.18 Å². The number of halogens is 3. The van der Waals surface area contributed by atoms with Crippen LogP contribution in [0.5, 0.6) is 0 Å². The topological polar surface area (TPSA) is 133 Å². The lowest BCUT2D eigenvalue weighted by atomic mass is 9.93. The second-order valence-corrected chi connectivity index (χ2v) is 9.21. The van der Waals surface area contributed by atoms with Gasteiger partial charge in [0.25, 0.3) is 10.0 Å². The molecule has 2 heterocycles. The van der Waals surface area contributed by atoms with Crippen LogP contribution in [0, 0.1) is 11.8 Å². The summed E-state index contributed by atoms with van der Waals surface area (Å²) in [6.45, 7) is 0.320. The van der Waals surface area contributed by atoms with Gasteiger partial charge in [0.05, 0.1) is 6.61 Å². The zero-order chi connectivity index (χ0) is 24.4. The third kappa shape index (κ3) is 4.74. The van der Waals surface area contributed by atoms with Gasteiger partial charge in [0.1, 0.15) is 11.9 Å². The number of hydrogen-bond donors (Lipinski definition) is 3. The third-order valence-corrected chi connectivity index (χ3v) is 7.05. The van der Waals surface area contributed by atoms with Crippen LogP contribution >= 0.6 is 0 Å². The molecule has 1 aromatic carbocycles. The minimum atomic E-state index is -5.07. The predicted molar refractivity (Wildman–Crippen MR) is 113 cm³/mol. The summed E-state index contributed by atoms with van der Waals surface area (Å²) in [5, 5.41) is 26.0. The molecular formula is C20H22F3N5O4S. The van der Waals surface area contributed by atoms with Crippen molar-refractivity contribution >= 4 is 21.5 Å². The molecule has 2 aromatic rings. The molecule has 3 rings (SSSR count). The molecule has 9 nitrogen and oxygen atoms in total. The molecule has 0 amide bonds. The number of nitrogens with two attached hydrogens (primary N) is 1. The maximum Gasteiger partial charge on any atom is 0.423 e. The van der Waals surface area contributed by atoms with E-state index in [9.17, 15) is 26.7 Å². The van der Waals surface area contributed by atoms with Gasteiger partial charge in [-0.15, -0.1) is 16.1 Å². The van der Waals surface area contributed by atoms with Gasteiger partial charge in [-0.1, -0.05) is 18.1 Å². The quantitative estimate of drug-likeness (QED) is 0.528. The smallest absolute Gasteiger partial charge is 0.393 e. The summed E-state index contributed by atoms with van der Waals surface area (Å²) in [5.41, 5.74) is 2.05. The molecular weight excluding hydrogens is 463 g/mol. The van der Waals surface area contributed by atoms with Gasteiger partial charge in [0, 0.05) is 25.3 Å². The van der Waals surface area contributed by atoms with Gasteiger partial charge in [0.15, 0.2) is 5.03 Å². The Morgan fingerprint density at radius 2 is 1.82 bits per heavy atom. The largest absolute Gasteiger partial charge is 0.423 e. The van der Waals surface area contributed by atoms with Crippen LogP contribution in [0.3, 0.4) is 0 Å². The van der Waals surface area contributed by atoms with Crippen molar-refractivity contribution in [3.05, 3.63) is 42.0 Å². The standard InChI is InChI=1S/C20H22F3N5O4S/c1-2-3-16-12-27(33(31,32)18-9-8-17(24)25-26-18)10-11-28(16)15-6-4-14(5-7-15)19(30,13-29)20(21,22)23/h4-9,16,29-30H,10-13H2,1H3,(H2,24,25)/t16-,19?/m0/s1. The van der Waals surface area contributed by atoms with Gasteiger partial charge in [-0.3, -0.25) is 0 Å². The van der Waals surface area contributed by atoms with E-state index in [4.69, 9.17) is 10.8 Å². The fourth-order valence-electron chi connectivity index (χ4n) is 3.45. The van der Waals surface area contributed by atoms with E-state index in [1.165, 1.54) is 28.6 Å². The van der Waals surface area contributed by atoms with E-state index in [-0.39, 0.29) is 30.5 Å². The number of rotatable bonds is 5. The number of nitrogens with zero attached hydrogens (tertiary/aromatic N) is 4. The number of hydrogen-bond acceptors (Lipinski definition) is 8. The maximum absolute atomic E-state index is 13.2. The average Bonchev–Trinajstić information content (AvgIpc) is 2.78. The molecule has 2 atom stereocenters. The molecule has 0 bridgehead atoms. The molecule has 1 aliphatic rings. The van der Waals surface area contributed by atoms with Crippen molar-refractivity contribution in [2.24, 2.45) is 0 Å². The highest BCUT2D eigenvalue weighted by molar-refractivity contribution is 7.89. The Kier molecular flexibility index (Phi) is 6.85. The number of anilines is 2. The Labute approximate surface area is 188 Å². The Morgan fingerprint density at radius 3 is 2.33 bits per heavy atom. The molecule has 0 spiro atoms. The van der Waals surface area contributed by atoms with Crippen molar-refractivity contribution in [2.45, 2.75) is 29.8 Å². The third-order valence-electron chi connectivity index (χ3n) is 5.29. The van der Waals surface area contributed by atoms with Crippen molar-refractivity contribution in [2.75, 3.05) is 36.9 Å². The molecule has 178 valence electrons. The van der Waals surface area contributed by atoms with Gasteiger partial charge in [-0.2, -0.15) is 17.5 Å². The molecule has 13 heteroatoms. The number of aromatic nitrogens is 2. The van der Waals surface area contributed by atoms with Gasteiger partial charge in [-0.25, -0.2) is 8.42 Å². The van der Waals surface area contributed by atoms with E-state index in [2.05, 4.69) is 22.0 Å². The number of alkyl halides is 3. The zero-order valence-electron chi connectivity index (χ0n) is 17.5. The lowest BCUT2D eigenvalue weighted by molar-refractivity contribution is -0.277. The highest BCUT2D eigenvalue weighted by Gasteiger charge is 2.54. The first kappa shape index (κ1) is 24.7. The van der Waals surface area contributed by atoms with Crippen LogP contribution in [-0.2, 0) is 15.6 Å². The number of aliphatic hydroxyl groups excluding tert-OH is 1. The Morgan fingerprint density at radius 1 is 1.15 bits per heavy atom. The monoisotopic (exact) mass is 485 g/mol. The molecule has 4 N–H and O–H groups in total. The number of sulfonamides is 1. The van der Waals surface area contributed by atoms with Gasteiger partial charge in [0.2, 0.25) is 5.60 Å². The molecule has 0 radical (unpaired) electrons. The van der Waals surface area contributed by atoms with E-state index < -0.39 is 40.0 Å². The highest BCUT2D eigenvalue weighted by atomic mass is 32.2. The van der Waals surface area contributed by atoms with Crippen molar-refractivity contribution < 1.29 is 31.8 Å². The fraction of sp³-hybridized carbons (Fsp3) is 0.400. The SMILES string of the molecule is CC#C[C@H]1CN(S(=O)(=O)c2ccc(N)nn2)CCN1c1ccc(C(O)(CO)C(F)(F)F)cc1. The summed E-state index contributed by atoms with van der Waals surface area (Å²) in [7, 11) is -3.96. The lowest BCUT2D eigenvalue weighted by Gasteiger charge is -2.40. The van der Waals surface area contributed by atoms with Crippen LogP contribution in [0.4, 0.5) is 24.7 Å². The number of aliphatic hydroxyl groups is 2. The number of piperazine rings is 1. The summed E-state index contributed by atoms with van der Waals surface area (Å²) in [6.07, 6.45) is -5.07. The van der Waals surface area contributed by atoms with E-state index in [1.54, 1.807) is 11.8 Å². The Bertz CT molecular complexity index is 1150. The van der Waals surface area contributed by atoms with Crippen molar-refractivity contribution in [1.82, 2.24) is 14.5 Å². The van der Waals surface area contributed by atoms with Crippen molar-refractivity contribution in [3.8, 4) is 11.8 Å². The van der Waals surface area contributed by atoms with Gasteiger partial charge in [-0.05, 0) is 36.8 Å². The van der Waals surface area contributed by atoms with E-state index in [0.717, 1.165) is 12.1 Å². The van der Waals surface area contributed by atoms with E-state index in [1.807, 2.05) is 0 Å². The van der Waals surface area contributed by atoms with Crippen LogP contribution in [0.1, 0.15) is 12.5 Å². The summed E-state index contributed by atoms with van der Waals surface area (Å²) in [5.74, 6) is 5.74. The minimum Gasteiger partial charge on any atom is -0.393 e. The summed E-state index contributed by atoms with van der Waals surface area (Å²) >= 11 is 0. The Balaban J connectivity index is 1.86. The van der Waals surface area contributed by atoms with Crippen LogP contribution in [-0.4, -0.2) is 71.6 Å². The first-order valence-electron chi connectivity index (χ1n) is 9.73. The van der Waals surface area contributed by atoms with Crippen LogP contribution in [0.25, 0.3) is 0 Å². The normalized spacial score (nSPS) is 19.5. The lowest BCUT2D eigenvalue weighted by Crippen LogP contribution is -2.54. The maximum atomic E-state index is 13.2. The average molecular weight is 485 g/mol.